The Labute approximate surface area is 122 Å². The lowest BCUT2D eigenvalue weighted by molar-refractivity contribution is 0.0544. The van der Waals surface area contributed by atoms with E-state index in [1.54, 1.807) is 6.33 Å². The van der Waals surface area contributed by atoms with E-state index in [9.17, 15) is 0 Å². The standard InChI is InChI=1S/C15H29N5/c1-11(2)12-7-16-13(15(3,4)5)8-20(12)9-14-17-10-18-19(14)6/h10-13,16H,7-9H2,1-6H3. The Hall–Kier alpha value is -0.940. The van der Waals surface area contributed by atoms with Gasteiger partial charge in [-0.25, -0.2) is 4.98 Å². The Bertz CT molecular complexity index is 432. The van der Waals surface area contributed by atoms with E-state index in [0.717, 1.165) is 25.5 Å². The van der Waals surface area contributed by atoms with Crippen LogP contribution >= 0.6 is 0 Å². The topological polar surface area (TPSA) is 46.0 Å². The predicted molar refractivity (Wildman–Crippen MR) is 81.3 cm³/mol. The van der Waals surface area contributed by atoms with Crippen molar-refractivity contribution in [3.05, 3.63) is 12.2 Å². The second kappa shape index (κ2) is 5.82. The third-order valence-electron chi connectivity index (χ3n) is 4.42. The van der Waals surface area contributed by atoms with Crippen molar-refractivity contribution < 1.29 is 0 Å². The monoisotopic (exact) mass is 279 g/mol. The number of aromatic nitrogens is 3. The van der Waals surface area contributed by atoms with Gasteiger partial charge in [0.15, 0.2) is 0 Å². The highest BCUT2D eigenvalue weighted by Gasteiger charge is 2.35. The quantitative estimate of drug-likeness (QED) is 0.914. The van der Waals surface area contributed by atoms with E-state index in [1.807, 2.05) is 11.7 Å². The van der Waals surface area contributed by atoms with Crippen molar-refractivity contribution in [3.63, 3.8) is 0 Å². The molecule has 0 spiro atoms. The van der Waals surface area contributed by atoms with Crippen molar-refractivity contribution in [1.82, 2.24) is 25.0 Å². The van der Waals surface area contributed by atoms with Crippen LogP contribution < -0.4 is 5.32 Å². The zero-order valence-electron chi connectivity index (χ0n) is 13.7. The van der Waals surface area contributed by atoms with Crippen molar-refractivity contribution >= 4 is 0 Å². The average molecular weight is 279 g/mol. The maximum absolute atomic E-state index is 4.38. The van der Waals surface area contributed by atoms with E-state index in [4.69, 9.17) is 0 Å². The molecule has 0 radical (unpaired) electrons. The lowest BCUT2D eigenvalue weighted by atomic mass is 9.83. The largest absolute Gasteiger partial charge is 0.311 e. The van der Waals surface area contributed by atoms with Gasteiger partial charge in [0, 0.05) is 32.2 Å². The highest BCUT2D eigenvalue weighted by atomic mass is 15.3. The summed E-state index contributed by atoms with van der Waals surface area (Å²) in [6.07, 6.45) is 1.64. The normalized spacial score (nSPS) is 25.4. The van der Waals surface area contributed by atoms with Crippen LogP contribution in [-0.4, -0.2) is 44.8 Å². The summed E-state index contributed by atoms with van der Waals surface area (Å²) in [4.78, 5) is 6.95. The molecule has 1 aromatic rings. The summed E-state index contributed by atoms with van der Waals surface area (Å²) in [5.74, 6) is 1.68. The van der Waals surface area contributed by atoms with Crippen LogP contribution in [0.4, 0.5) is 0 Å². The minimum absolute atomic E-state index is 0.278. The van der Waals surface area contributed by atoms with Gasteiger partial charge in [0.1, 0.15) is 12.2 Å². The molecule has 1 N–H and O–H groups in total. The average Bonchev–Trinajstić information content (AvgIpc) is 2.73. The third-order valence-corrected chi connectivity index (χ3v) is 4.42. The summed E-state index contributed by atoms with van der Waals surface area (Å²) in [6.45, 7) is 14.5. The molecule has 1 aromatic heterocycles. The summed E-state index contributed by atoms with van der Waals surface area (Å²) in [6, 6.07) is 1.08. The maximum Gasteiger partial charge on any atom is 0.140 e. The molecular formula is C15H29N5. The van der Waals surface area contributed by atoms with Crippen LogP contribution in [0.5, 0.6) is 0 Å². The minimum atomic E-state index is 0.278. The molecule has 2 atom stereocenters. The molecule has 20 heavy (non-hydrogen) atoms. The Morgan fingerprint density at radius 3 is 2.60 bits per heavy atom. The lowest BCUT2D eigenvalue weighted by Gasteiger charge is -2.46. The first kappa shape index (κ1) is 15.4. The fourth-order valence-electron chi connectivity index (χ4n) is 2.89. The summed E-state index contributed by atoms with van der Waals surface area (Å²) in [5, 5.41) is 7.91. The second-order valence-electron chi connectivity index (χ2n) is 7.37. The summed E-state index contributed by atoms with van der Waals surface area (Å²) >= 11 is 0. The molecule has 5 nitrogen and oxygen atoms in total. The SMILES string of the molecule is CC(C)C1CNC(C(C)(C)C)CN1Cc1ncnn1C. The van der Waals surface area contributed by atoms with Crippen LogP contribution in [0, 0.1) is 11.3 Å². The van der Waals surface area contributed by atoms with Gasteiger partial charge in [-0.2, -0.15) is 5.10 Å². The van der Waals surface area contributed by atoms with Crippen LogP contribution in [-0.2, 0) is 13.6 Å². The Morgan fingerprint density at radius 1 is 1.40 bits per heavy atom. The molecule has 0 aromatic carbocycles. The first-order valence-electron chi connectivity index (χ1n) is 7.59. The van der Waals surface area contributed by atoms with Gasteiger partial charge in [-0.1, -0.05) is 34.6 Å². The first-order chi connectivity index (χ1) is 9.29. The number of hydrogen-bond acceptors (Lipinski definition) is 4. The maximum atomic E-state index is 4.38. The Kier molecular flexibility index (Phi) is 4.49. The van der Waals surface area contributed by atoms with Gasteiger partial charge in [0.05, 0.1) is 6.54 Å². The van der Waals surface area contributed by atoms with Gasteiger partial charge in [0.25, 0.3) is 0 Å². The number of aryl methyl sites for hydroxylation is 1. The van der Waals surface area contributed by atoms with Crippen LogP contribution in [0.25, 0.3) is 0 Å². The van der Waals surface area contributed by atoms with Gasteiger partial charge in [-0.05, 0) is 11.3 Å². The number of hydrogen-bond donors (Lipinski definition) is 1. The van der Waals surface area contributed by atoms with Gasteiger partial charge in [-0.3, -0.25) is 9.58 Å². The van der Waals surface area contributed by atoms with Crippen molar-refractivity contribution in [2.24, 2.45) is 18.4 Å². The molecule has 114 valence electrons. The molecule has 1 aliphatic rings. The molecule has 1 aliphatic heterocycles. The minimum Gasteiger partial charge on any atom is -0.311 e. The molecule has 1 fully saturated rings. The molecule has 2 heterocycles. The van der Waals surface area contributed by atoms with Gasteiger partial charge < -0.3 is 5.32 Å². The highest BCUT2D eigenvalue weighted by molar-refractivity contribution is 4.95. The zero-order valence-corrected chi connectivity index (χ0v) is 13.7. The van der Waals surface area contributed by atoms with Crippen molar-refractivity contribution in [3.8, 4) is 0 Å². The van der Waals surface area contributed by atoms with Crippen molar-refractivity contribution in [1.29, 1.82) is 0 Å². The molecule has 0 aliphatic carbocycles. The van der Waals surface area contributed by atoms with E-state index in [1.165, 1.54) is 0 Å². The molecule has 2 rings (SSSR count). The first-order valence-corrected chi connectivity index (χ1v) is 7.59. The van der Waals surface area contributed by atoms with Crippen molar-refractivity contribution in [2.45, 2.75) is 53.2 Å². The summed E-state index contributed by atoms with van der Waals surface area (Å²) in [7, 11) is 1.97. The summed E-state index contributed by atoms with van der Waals surface area (Å²) in [5.41, 5.74) is 0.278. The van der Waals surface area contributed by atoms with Gasteiger partial charge in [0.2, 0.25) is 0 Å². The Balaban J connectivity index is 2.13. The molecule has 0 saturated carbocycles. The van der Waals surface area contributed by atoms with E-state index < -0.39 is 0 Å². The third kappa shape index (κ3) is 3.38. The molecule has 5 heteroatoms. The van der Waals surface area contributed by atoms with Crippen molar-refractivity contribution in [2.75, 3.05) is 13.1 Å². The zero-order chi connectivity index (χ0) is 14.9. The van der Waals surface area contributed by atoms with E-state index in [2.05, 4.69) is 54.9 Å². The fourth-order valence-corrected chi connectivity index (χ4v) is 2.89. The van der Waals surface area contributed by atoms with E-state index in [-0.39, 0.29) is 5.41 Å². The van der Waals surface area contributed by atoms with Crippen LogP contribution in [0.15, 0.2) is 6.33 Å². The smallest absolute Gasteiger partial charge is 0.140 e. The molecule has 1 saturated heterocycles. The lowest BCUT2D eigenvalue weighted by Crippen LogP contribution is -2.61. The van der Waals surface area contributed by atoms with Crippen LogP contribution in [0.3, 0.4) is 0 Å². The van der Waals surface area contributed by atoms with E-state index in [0.29, 0.717) is 18.0 Å². The predicted octanol–water partition coefficient (Wildman–Crippen LogP) is 1.66. The number of nitrogens with zero attached hydrogens (tertiary/aromatic N) is 4. The van der Waals surface area contributed by atoms with Gasteiger partial charge >= 0.3 is 0 Å². The summed E-state index contributed by atoms with van der Waals surface area (Å²) < 4.78 is 1.88. The number of nitrogens with one attached hydrogen (secondary N) is 1. The number of rotatable bonds is 3. The molecule has 0 bridgehead atoms. The van der Waals surface area contributed by atoms with Crippen LogP contribution in [0.2, 0.25) is 0 Å². The highest BCUT2D eigenvalue weighted by Crippen LogP contribution is 2.26. The second-order valence-corrected chi connectivity index (χ2v) is 7.37. The molecule has 0 amide bonds. The molecular weight excluding hydrogens is 250 g/mol. The fraction of sp³-hybridized carbons (Fsp3) is 0.867. The van der Waals surface area contributed by atoms with Crippen LogP contribution in [0.1, 0.15) is 40.4 Å². The van der Waals surface area contributed by atoms with Gasteiger partial charge in [-0.15, -0.1) is 0 Å². The molecule has 2 unspecified atom stereocenters. The Morgan fingerprint density at radius 2 is 2.10 bits per heavy atom. The van der Waals surface area contributed by atoms with E-state index >= 15 is 0 Å². The number of piperazine rings is 1.